The molecular formula is C22H24BNO3. The Morgan fingerprint density at radius 2 is 1.81 bits per heavy atom. The molecule has 0 bridgehead atoms. The van der Waals surface area contributed by atoms with Crippen LogP contribution >= 0.6 is 0 Å². The van der Waals surface area contributed by atoms with E-state index in [2.05, 4.69) is 6.92 Å². The van der Waals surface area contributed by atoms with Crippen LogP contribution in [0.15, 0.2) is 54.6 Å². The molecule has 0 saturated carbocycles. The Bertz CT molecular complexity index is 819. The van der Waals surface area contributed by atoms with E-state index >= 15 is 0 Å². The molecule has 1 unspecified atom stereocenters. The molecule has 4 rings (SSSR count). The number of benzene rings is 2. The van der Waals surface area contributed by atoms with Crippen molar-refractivity contribution in [2.75, 3.05) is 13.2 Å². The Labute approximate surface area is 161 Å². The lowest BCUT2D eigenvalue weighted by atomic mass is 9.81. The molecule has 5 heteroatoms. The molecule has 2 radical (unpaired) electrons. The van der Waals surface area contributed by atoms with Gasteiger partial charge in [0, 0.05) is 19.4 Å². The lowest BCUT2D eigenvalue weighted by molar-refractivity contribution is -0.0750. The van der Waals surface area contributed by atoms with Crippen LogP contribution in [0.5, 0.6) is 0 Å². The van der Waals surface area contributed by atoms with Crippen LogP contribution in [0.3, 0.4) is 0 Å². The van der Waals surface area contributed by atoms with Gasteiger partial charge in [-0.05, 0) is 25.0 Å². The summed E-state index contributed by atoms with van der Waals surface area (Å²) >= 11 is 0. The van der Waals surface area contributed by atoms with Gasteiger partial charge in [-0.15, -0.1) is 0 Å². The van der Waals surface area contributed by atoms with Gasteiger partial charge in [0.1, 0.15) is 13.4 Å². The van der Waals surface area contributed by atoms with Gasteiger partial charge in [-0.2, -0.15) is 0 Å². The van der Waals surface area contributed by atoms with E-state index < -0.39 is 5.60 Å². The van der Waals surface area contributed by atoms with Crippen molar-refractivity contribution in [1.82, 2.24) is 4.90 Å². The summed E-state index contributed by atoms with van der Waals surface area (Å²) in [4.78, 5) is 14.8. The number of cyclic esters (lactones) is 1. The fraction of sp³-hybridized carbons (Fsp3) is 0.409. The van der Waals surface area contributed by atoms with Gasteiger partial charge in [-0.25, -0.2) is 4.79 Å². The molecule has 2 fully saturated rings. The maximum absolute atomic E-state index is 13.0. The quantitative estimate of drug-likeness (QED) is 0.605. The van der Waals surface area contributed by atoms with Crippen molar-refractivity contribution >= 4 is 19.4 Å². The normalized spacial score (nSPS) is 28.5. The maximum atomic E-state index is 13.0. The van der Waals surface area contributed by atoms with Crippen LogP contribution < -0.4 is 5.46 Å². The van der Waals surface area contributed by atoms with E-state index in [9.17, 15) is 4.79 Å². The highest BCUT2D eigenvalue weighted by Crippen LogP contribution is 2.46. The Kier molecular flexibility index (Phi) is 4.51. The second-order valence-corrected chi connectivity index (χ2v) is 7.93. The first kappa shape index (κ1) is 18.1. The number of hydrogen-bond donors (Lipinski definition) is 0. The molecule has 1 amide bonds. The lowest BCUT2D eigenvalue weighted by Gasteiger charge is -2.44. The monoisotopic (exact) mass is 361 g/mol. The molecular weight excluding hydrogens is 337 g/mol. The van der Waals surface area contributed by atoms with Crippen molar-refractivity contribution in [3.63, 3.8) is 0 Å². The van der Waals surface area contributed by atoms with Crippen molar-refractivity contribution < 1.29 is 14.3 Å². The fourth-order valence-electron chi connectivity index (χ4n) is 3.98. The molecule has 0 aliphatic carbocycles. The van der Waals surface area contributed by atoms with Crippen molar-refractivity contribution in [2.24, 2.45) is 0 Å². The van der Waals surface area contributed by atoms with Gasteiger partial charge < -0.3 is 14.4 Å². The number of epoxide rings is 1. The summed E-state index contributed by atoms with van der Waals surface area (Å²) in [5, 5.41) is 0. The third-order valence-corrected chi connectivity index (χ3v) is 5.76. The second kappa shape index (κ2) is 6.72. The van der Waals surface area contributed by atoms with Gasteiger partial charge >= 0.3 is 6.09 Å². The molecule has 138 valence electrons. The maximum Gasteiger partial charge on any atom is 0.411 e. The van der Waals surface area contributed by atoms with Crippen LogP contribution in [0.2, 0.25) is 0 Å². The minimum absolute atomic E-state index is 0.0698. The topological polar surface area (TPSA) is 42.1 Å². The summed E-state index contributed by atoms with van der Waals surface area (Å²) in [7, 11) is 5.78. The predicted molar refractivity (Wildman–Crippen MR) is 105 cm³/mol. The van der Waals surface area contributed by atoms with Crippen LogP contribution in [0.4, 0.5) is 4.79 Å². The van der Waals surface area contributed by atoms with E-state index in [0.717, 1.165) is 17.5 Å². The van der Waals surface area contributed by atoms with Crippen molar-refractivity contribution in [1.29, 1.82) is 0 Å². The van der Waals surface area contributed by atoms with E-state index in [4.69, 9.17) is 17.3 Å². The number of ether oxygens (including phenoxy) is 2. The number of carbonyl (C=O) groups is 1. The van der Waals surface area contributed by atoms with Crippen LogP contribution in [0.1, 0.15) is 43.9 Å². The zero-order valence-electron chi connectivity index (χ0n) is 15.9. The van der Waals surface area contributed by atoms with E-state index in [-0.39, 0.29) is 17.7 Å². The van der Waals surface area contributed by atoms with Crippen molar-refractivity contribution in [3.8, 4) is 0 Å². The number of carbonyl (C=O) groups excluding carboxylic acids is 1. The summed E-state index contributed by atoms with van der Waals surface area (Å²) in [6.07, 6.45) is 1.14. The predicted octanol–water partition coefficient (Wildman–Crippen LogP) is 3.46. The SMILES string of the molecule is [B]c1ccc([C@H](C)N2CC[C@](CC3(C)CO3)(c3ccccc3)OC2=O)cc1. The first-order chi connectivity index (χ1) is 12.9. The molecule has 2 aliphatic rings. The second-order valence-electron chi connectivity index (χ2n) is 7.93. The van der Waals surface area contributed by atoms with Gasteiger partial charge in [0.05, 0.1) is 18.2 Å². The largest absolute Gasteiger partial charge is 0.438 e. The van der Waals surface area contributed by atoms with Gasteiger partial charge in [0.25, 0.3) is 0 Å². The third kappa shape index (κ3) is 3.61. The zero-order valence-corrected chi connectivity index (χ0v) is 15.9. The van der Waals surface area contributed by atoms with Crippen LogP contribution in [-0.2, 0) is 15.1 Å². The minimum atomic E-state index is -0.638. The minimum Gasteiger partial charge on any atom is -0.438 e. The molecule has 2 aromatic rings. The highest BCUT2D eigenvalue weighted by molar-refractivity contribution is 6.32. The highest BCUT2D eigenvalue weighted by atomic mass is 16.6. The van der Waals surface area contributed by atoms with E-state index in [1.54, 1.807) is 4.90 Å². The molecule has 0 aromatic heterocycles. The molecule has 0 spiro atoms. The van der Waals surface area contributed by atoms with Crippen molar-refractivity contribution in [2.45, 2.75) is 43.9 Å². The molecule has 2 aromatic carbocycles. The Hall–Kier alpha value is -2.27. The summed E-state index contributed by atoms with van der Waals surface area (Å²) in [5.41, 5.74) is 1.95. The standard InChI is InChI=1S/C22H24BNO3/c1-16(17-8-10-19(23)11-9-17)24-13-12-22(27-20(24)25,14-21(2)15-26-21)18-6-4-3-5-7-18/h3-11,16H,12-15H2,1-2H3/t16-,21?,22-/m0/s1. The molecule has 0 N–H and O–H groups in total. The average molecular weight is 361 g/mol. The molecule has 27 heavy (non-hydrogen) atoms. The Morgan fingerprint density at radius 3 is 2.41 bits per heavy atom. The average Bonchev–Trinajstić information content (AvgIpc) is 3.39. The number of rotatable bonds is 5. The zero-order chi connectivity index (χ0) is 19.1. The van der Waals surface area contributed by atoms with Crippen LogP contribution in [0.25, 0.3) is 0 Å². The van der Waals surface area contributed by atoms with Crippen LogP contribution in [0, 0.1) is 0 Å². The Balaban J connectivity index is 1.57. The first-order valence-corrected chi connectivity index (χ1v) is 9.45. The van der Waals surface area contributed by atoms with E-state index in [1.165, 1.54) is 0 Å². The lowest BCUT2D eigenvalue weighted by Crippen LogP contribution is -2.50. The third-order valence-electron chi connectivity index (χ3n) is 5.76. The smallest absolute Gasteiger partial charge is 0.411 e. The molecule has 2 saturated heterocycles. The number of hydrogen-bond acceptors (Lipinski definition) is 3. The van der Waals surface area contributed by atoms with Crippen LogP contribution in [-0.4, -0.2) is 37.6 Å². The molecule has 2 aliphatic heterocycles. The Morgan fingerprint density at radius 1 is 1.15 bits per heavy atom. The van der Waals surface area contributed by atoms with Gasteiger partial charge in [0.15, 0.2) is 0 Å². The van der Waals surface area contributed by atoms with Crippen molar-refractivity contribution in [3.05, 3.63) is 65.7 Å². The van der Waals surface area contributed by atoms with Gasteiger partial charge in [-0.1, -0.05) is 60.1 Å². The number of amides is 1. The summed E-state index contributed by atoms with van der Waals surface area (Å²) in [5.74, 6) is 0. The first-order valence-electron chi connectivity index (χ1n) is 9.45. The number of nitrogens with zero attached hydrogens (tertiary/aromatic N) is 1. The summed E-state index contributed by atoms with van der Waals surface area (Å²) in [6.45, 7) is 5.45. The van der Waals surface area contributed by atoms with E-state index in [1.807, 2.05) is 61.5 Å². The summed E-state index contributed by atoms with van der Waals surface area (Å²) in [6, 6.07) is 17.6. The van der Waals surface area contributed by atoms with Gasteiger partial charge in [0.2, 0.25) is 0 Å². The molecule has 3 atom stereocenters. The molecule has 4 nitrogen and oxygen atoms in total. The summed E-state index contributed by atoms with van der Waals surface area (Å²) < 4.78 is 11.8. The highest BCUT2D eigenvalue weighted by Gasteiger charge is 2.52. The van der Waals surface area contributed by atoms with E-state index in [0.29, 0.717) is 25.0 Å². The molecule has 2 heterocycles. The fourth-order valence-corrected chi connectivity index (χ4v) is 3.98. The van der Waals surface area contributed by atoms with Gasteiger partial charge in [-0.3, -0.25) is 0 Å².